The number of piperidine rings is 1. The van der Waals surface area contributed by atoms with Crippen LogP contribution in [0.1, 0.15) is 23.5 Å². The number of nitrogens with zero attached hydrogens (tertiary/aromatic N) is 1. The van der Waals surface area contributed by atoms with Crippen molar-refractivity contribution in [3.05, 3.63) is 78.2 Å². The van der Waals surface area contributed by atoms with E-state index in [1.807, 2.05) is 6.42 Å². The quantitative estimate of drug-likeness (QED) is 0.855. The average Bonchev–Trinajstić information content (AvgIpc) is 2.56. The number of Topliss-reactive ketones (excluding diaryl/α,β-unsaturated/α-hetero) is 1. The molecule has 107 valence electrons. The van der Waals surface area contributed by atoms with Crippen LogP contribution >= 0.6 is 0 Å². The summed E-state index contributed by atoms with van der Waals surface area (Å²) in [6, 6.07) is 21.3. The number of likely N-dealkylation sites (tertiary alicyclic amines) is 1. The normalized spacial score (nSPS) is 16.3. The predicted octanol–water partition coefficient (Wildman–Crippen LogP) is 3.30. The summed E-state index contributed by atoms with van der Waals surface area (Å²) in [4.78, 5) is 13.7. The van der Waals surface area contributed by atoms with Crippen LogP contribution in [-0.2, 0) is 4.79 Å². The first-order chi connectivity index (χ1) is 10.3. The highest BCUT2D eigenvalue weighted by Gasteiger charge is 2.22. The summed E-state index contributed by atoms with van der Waals surface area (Å²) >= 11 is 0. The van der Waals surface area contributed by atoms with E-state index < -0.39 is 0 Å². The van der Waals surface area contributed by atoms with Crippen LogP contribution in [0.15, 0.2) is 60.7 Å². The molecule has 21 heavy (non-hydrogen) atoms. The molecule has 0 spiro atoms. The van der Waals surface area contributed by atoms with Crippen LogP contribution < -0.4 is 0 Å². The number of hydrogen-bond acceptors (Lipinski definition) is 2. The van der Waals surface area contributed by atoms with Crippen LogP contribution in [-0.4, -0.2) is 30.3 Å². The van der Waals surface area contributed by atoms with E-state index in [2.05, 4.69) is 65.6 Å². The van der Waals surface area contributed by atoms with E-state index in [-0.39, 0.29) is 5.78 Å². The first kappa shape index (κ1) is 14.0. The third kappa shape index (κ3) is 3.59. The van der Waals surface area contributed by atoms with Gasteiger partial charge < -0.3 is 4.90 Å². The van der Waals surface area contributed by atoms with Crippen LogP contribution in [0.3, 0.4) is 0 Å². The van der Waals surface area contributed by atoms with Crippen molar-refractivity contribution < 1.29 is 4.79 Å². The van der Waals surface area contributed by atoms with Gasteiger partial charge in [0.15, 0.2) is 0 Å². The number of ketones is 1. The molecule has 1 aliphatic heterocycles. The number of rotatable bonds is 4. The van der Waals surface area contributed by atoms with Crippen molar-refractivity contribution in [2.24, 2.45) is 0 Å². The minimum atomic E-state index is 0.280. The molecule has 2 aromatic carbocycles. The zero-order valence-electron chi connectivity index (χ0n) is 12.1. The van der Waals surface area contributed by atoms with Crippen LogP contribution in [0.2, 0.25) is 0 Å². The van der Waals surface area contributed by atoms with Crippen molar-refractivity contribution in [3.63, 3.8) is 0 Å². The third-order valence-electron chi connectivity index (χ3n) is 4.10. The molecule has 2 heteroatoms. The molecular formula is C19H20NO. The second-order valence-corrected chi connectivity index (χ2v) is 5.55. The first-order valence-corrected chi connectivity index (χ1v) is 7.51. The molecule has 0 aliphatic carbocycles. The summed E-state index contributed by atoms with van der Waals surface area (Å²) in [7, 11) is 0. The molecule has 0 saturated carbocycles. The predicted molar refractivity (Wildman–Crippen MR) is 85.1 cm³/mol. The lowest BCUT2D eigenvalue weighted by Gasteiger charge is -2.30. The van der Waals surface area contributed by atoms with Crippen molar-refractivity contribution in [1.29, 1.82) is 0 Å². The summed E-state index contributed by atoms with van der Waals surface area (Å²) in [5.41, 5.74) is 2.67. The summed E-state index contributed by atoms with van der Waals surface area (Å²) in [6.45, 7) is 2.60. The van der Waals surface area contributed by atoms with Gasteiger partial charge in [-0.2, -0.15) is 0 Å². The zero-order chi connectivity index (χ0) is 14.5. The van der Waals surface area contributed by atoms with Gasteiger partial charge in [0.1, 0.15) is 5.78 Å². The Morgan fingerprint density at radius 3 is 1.95 bits per heavy atom. The highest BCUT2D eigenvalue weighted by Crippen LogP contribution is 2.26. The fraction of sp³-hybridized carbons (Fsp3) is 0.263. The number of benzene rings is 2. The number of carbonyl (C=O) groups excluding carboxylic acids is 1. The SMILES string of the molecule is O=C1[CH]CN(CC(c2ccccc2)c2ccccc2)CC1. The third-order valence-corrected chi connectivity index (χ3v) is 4.10. The van der Waals surface area contributed by atoms with Gasteiger partial charge in [0.2, 0.25) is 0 Å². The number of carbonyl (C=O) groups is 1. The molecule has 1 fully saturated rings. The van der Waals surface area contributed by atoms with E-state index in [9.17, 15) is 4.79 Å². The fourth-order valence-corrected chi connectivity index (χ4v) is 2.89. The second-order valence-electron chi connectivity index (χ2n) is 5.55. The Morgan fingerprint density at radius 1 is 0.905 bits per heavy atom. The summed E-state index contributed by atoms with van der Waals surface area (Å²) in [5, 5.41) is 0. The minimum Gasteiger partial charge on any atom is -0.301 e. The van der Waals surface area contributed by atoms with Crippen molar-refractivity contribution >= 4 is 5.78 Å². The Kier molecular flexibility index (Phi) is 4.46. The lowest BCUT2D eigenvalue weighted by Crippen LogP contribution is -2.37. The topological polar surface area (TPSA) is 20.3 Å². The van der Waals surface area contributed by atoms with Crippen molar-refractivity contribution in [3.8, 4) is 0 Å². The van der Waals surface area contributed by atoms with E-state index in [1.54, 1.807) is 0 Å². The molecule has 0 amide bonds. The largest absolute Gasteiger partial charge is 0.301 e. The fourth-order valence-electron chi connectivity index (χ4n) is 2.89. The smallest absolute Gasteiger partial charge is 0.139 e. The van der Waals surface area contributed by atoms with E-state index in [0.29, 0.717) is 12.3 Å². The Morgan fingerprint density at radius 2 is 1.48 bits per heavy atom. The number of hydrogen-bond donors (Lipinski definition) is 0. The van der Waals surface area contributed by atoms with Gasteiger partial charge in [0.25, 0.3) is 0 Å². The van der Waals surface area contributed by atoms with Crippen LogP contribution in [0.4, 0.5) is 0 Å². The molecule has 1 aliphatic rings. The molecule has 3 rings (SSSR count). The molecule has 1 radical (unpaired) electrons. The van der Waals surface area contributed by atoms with Gasteiger partial charge in [-0.25, -0.2) is 0 Å². The molecule has 0 unspecified atom stereocenters. The Bertz CT molecular complexity index is 530. The van der Waals surface area contributed by atoms with Gasteiger partial charge in [-0.3, -0.25) is 4.79 Å². The van der Waals surface area contributed by atoms with E-state index in [0.717, 1.165) is 19.6 Å². The molecule has 0 aromatic heterocycles. The van der Waals surface area contributed by atoms with Crippen LogP contribution in [0.5, 0.6) is 0 Å². The van der Waals surface area contributed by atoms with Gasteiger partial charge in [0, 0.05) is 38.4 Å². The molecule has 1 heterocycles. The highest BCUT2D eigenvalue weighted by molar-refractivity contribution is 5.87. The van der Waals surface area contributed by atoms with Gasteiger partial charge in [0.05, 0.1) is 0 Å². The summed E-state index contributed by atoms with van der Waals surface area (Å²) < 4.78 is 0. The monoisotopic (exact) mass is 278 g/mol. The molecule has 2 nitrogen and oxygen atoms in total. The summed E-state index contributed by atoms with van der Waals surface area (Å²) in [6.07, 6.45) is 2.47. The maximum absolute atomic E-state index is 11.4. The van der Waals surface area contributed by atoms with Gasteiger partial charge in [-0.05, 0) is 11.1 Å². The van der Waals surface area contributed by atoms with Crippen LogP contribution in [0, 0.1) is 6.42 Å². The van der Waals surface area contributed by atoms with Gasteiger partial charge >= 0.3 is 0 Å². The highest BCUT2D eigenvalue weighted by atomic mass is 16.1. The lowest BCUT2D eigenvalue weighted by atomic mass is 9.90. The molecule has 2 aromatic rings. The summed E-state index contributed by atoms with van der Waals surface area (Å²) in [5.74, 6) is 0.635. The first-order valence-electron chi connectivity index (χ1n) is 7.51. The van der Waals surface area contributed by atoms with E-state index >= 15 is 0 Å². The maximum atomic E-state index is 11.4. The van der Waals surface area contributed by atoms with Gasteiger partial charge in [-0.15, -0.1) is 0 Å². The van der Waals surface area contributed by atoms with Crippen molar-refractivity contribution in [2.45, 2.75) is 12.3 Å². The zero-order valence-corrected chi connectivity index (χ0v) is 12.1. The standard InChI is InChI=1S/C19H20NO/c21-18-11-13-20(14-12-18)15-19(16-7-3-1-4-8-16)17-9-5-2-6-10-17/h1-11,19H,12-15H2. The van der Waals surface area contributed by atoms with Gasteiger partial charge in [-0.1, -0.05) is 60.7 Å². The lowest BCUT2D eigenvalue weighted by molar-refractivity contribution is -0.117. The molecular weight excluding hydrogens is 258 g/mol. The Labute approximate surface area is 126 Å². The minimum absolute atomic E-state index is 0.280. The Balaban J connectivity index is 1.81. The molecule has 0 atom stereocenters. The molecule has 1 saturated heterocycles. The maximum Gasteiger partial charge on any atom is 0.139 e. The van der Waals surface area contributed by atoms with Crippen molar-refractivity contribution in [2.75, 3.05) is 19.6 Å². The molecule has 0 N–H and O–H groups in total. The average molecular weight is 278 g/mol. The van der Waals surface area contributed by atoms with E-state index in [4.69, 9.17) is 0 Å². The van der Waals surface area contributed by atoms with Crippen LogP contribution in [0.25, 0.3) is 0 Å². The molecule has 0 bridgehead atoms. The van der Waals surface area contributed by atoms with Crippen molar-refractivity contribution in [1.82, 2.24) is 4.90 Å². The van der Waals surface area contributed by atoms with E-state index in [1.165, 1.54) is 11.1 Å². The Hall–Kier alpha value is -1.93. The second kappa shape index (κ2) is 6.68.